The molecule has 0 aliphatic rings. The average Bonchev–Trinajstić information content (AvgIpc) is 2.72. The van der Waals surface area contributed by atoms with Gasteiger partial charge in [0.05, 0.1) is 6.04 Å². The molecule has 0 bridgehead atoms. The molecular formula is C16H23N3O2. The van der Waals surface area contributed by atoms with Crippen LogP contribution < -0.4 is 11.1 Å². The second kappa shape index (κ2) is 5.77. The van der Waals surface area contributed by atoms with Gasteiger partial charge in [-0.05, 0) is 38.3 Å². The summed E-state index contributed by atoms with van der Waals surface area (Å²) < 4.78 is 7.34. The summed E-state index contributed by atoms with van der Waals surface area (Å²) in [4.78, 5) is 11.9. The molecule has 2 rings (SSSR count). The summed E-state index contributed by atoms with van der Waals surface area (Å²) in [6, 6.07) is 9.83. The van der Waals surface area contributed by atoms with Crippen LogP contribution in [0.1, 0.15) is 32.5 Å². The number of para-hydroxylation sites is 1. The number of aryl methyl sites for hydroxylation is 1. The highest BCUT2D eigenvalue weighted by atomic mass is 16.6. The first-order valence-electron chi connectivity index (χ1n) is 7.06. The molecule has 1 aromatic carbocycles. The van der Waals surface area contributed by atoms with Crippen molar-refractivity contribution in [2.45, 2.75) is 32.4 Å². The topological polar surface area (TPSA) is 69.3 Å². The van der Waals surface area contributed by atoms with E-state index < -0.39 is 11.7 Å². The third kappa shape index (κ3) is 3.55. The lowest BCUT2D eigenvalue weighted by Crippen LogP contribution is -2.38. The first-order chi connectivity index (χ1) is 9.81. The molecule has 0 aliphatic carbocycles. The van der Waals surface area contributed by atoms with E-state index in [-0.39, 0.29) is 6.04 Å². The number of rotatable bonds is 3. The number of alkyl carbamates (subject to hydrolysis) is 1. The van der Waals surface area contributed by atoms with Gasteiger partial charge in [-0.15, -0.1) is 0 Å². The molecule has 0 spiro atoms. The maximum absolute atomic E-state index is 11.9. The molecule has 0 saturated carbocycles. The Morgan fingerprint density at radius 3 is 2.62 bits per heavy atom. The zero-order chi connectivity index (χ0) is 15.6. The smallest absolute Gasteiger partial charge is 0.408 e. The molecule has 1 heterocycles. The second-order valence-electron chi connectivity index (χ2n) is 6.12. The maximum atomic E-state index is 11.9. The lowest BCUT2D eigenvalue weighted by atomic mass is 10.2. The highest BCUT2D eigenvalue weighted by Crippen LogP contribution is 2.23. The summed E-state index contributed by atoms with van der Waals surface area (Å²) in [5.41, 5.74) is 7.37. The van der Waals surface area contributed by atoms with Crippen molar-refractivity contribution < 1.29 is 9.53 Å². The zero-order valence-corrected chi connectivity index (χ0v) is 13.0. The van der Waals surface area contributed by atoms with Crippen LogP contribution in [0.2, 0.25) is 0 Å². The molecule has 0 aliphatic heterocycles. The minimum atomic E-state index is -0.526. The van der Waals surface area contributed by atoms with Gasteiger partial charge in [-0.1, -0.05) is 18.2 Å². The van der Waals surface area contributed by atoms with Gasteiger partial charge in [0.2, 0.25) is 0 Å². The van der Waals surface area contributed by atoms with Gasteiger partial charge in [0.1, 0.15) is 5.60 Å². The van der Waals surface area contributed by atoms with Gasteiger partial charge < -0.3 is 20.4 Å². The molecule has 1 atom stereocenters. The number of ether oxygens (including phenoxy) is 1. The molecule has 21 heavy (non-hydrogen) atoms. The lowest BCUT2D eigenvalue weighted by Gasteiger charge is -2.23. The van der Waals surface area contributed by atoms with Crippen molar-refractivity contribution in [2.75, 3.05) is 6.54 Å². The van der Waals surface area contributed by atoms with Crippen molar-refractivity contribution in [3.63, 3.8) is 0 Å². The fraction of sp³-hybridized carbons (Fsp3) is 0.438. The normalized spacial score (nSPS) is 13.2. The molecule has 0 radical (unpaired) electrons. The highest BCUT2D eigenvalue weighted by molar-refractivity contribution is 5.81. The fourth-order valence-electron chi connectivity index (χ4n) is 2.35. The van der Waals surface area contributed by atoms with Crippen LogP contribution >= 0.6 is 0 Å². The molecule has 1 aromatic heterocycles. The summed E-state index contributed by atoms with van der Waals surface area (Å²) >= 11 is 0. The average molecular weight is 289 g/mol. The number of nitrogens with one attached hydrogen (secondary N) is 1. The third-order valence-corrected chi connectivity index (χ3v) is 3.27. The molecule has 2 aromatic rings. The Morgan fingerprint density at radius 1 is 1.38 bits per heavy atom. The van der Waals surface area contributed by atoms with Gasteiger partial charge in [0.15, 0.2) is 0 Å². The van der Waals surface area contributed by atoms with Gasteiger partial charge >= 0.3 is 6.09 Å². The van der Waals surface area contributed by atoms with E-state index >= 15 is 0 Å². The predicted octanol–water partition coefficient (Wildman–Crippen LogP) is 2.70. The Bertz CT molecular complexity index is 640. The predicted molar refractivity (Wildman–Crippen MR) is 84.1 cm³/mol. The van der Waals surface area contributed by atoms with Crippen LogP contribution in [0.4, 0.5) is 4.79 Å². The van der Waals surface area contributed by atoms with Crippen LogP contribution in [0.5, 0.6) is 0 Å². The fourth-order valence-corrected chi connectivity index (χ4v) is 2.35. The number of carbonyl (C=O) groups is 1. The maximum Gasteiger partial charge on any atom is 0.408 e. The monoisotopic (exact) mass is 289 g/mol. The number of aromatic nitrogens is 1. The van der Waals surface area contributed by atoms with Gasteiger partial charge in [0, 0.05) is 24.8 Å². The lowest BCUT2D eigenvalue weighted by molar-refractivity contribution is 0.0503. The van der Waals surface area contributed by atoms with Crippen molar-refractivity contribution in [2.24, 2.45) is 12.8 Å². The van der Waals surface area contributed by atoms with E-state index in [9.17, 15) is 4.79 Å². The van der Waals surface area contributed by atoms with Gasteiger partial charge in [-0.2, -0.15) is 0 Å². The first kappa shape index (κ1) is 15.4. The van der Waals surface area contributed by atoms with E-state index in [0.29, 0.717) is 6.54 Å². The Balaban J connectivity index is 2.24. The molecule has 1 unspecified atom stereocenters. The Kier molecular flexibility index (Phi) is 4.23. The van der Waals surface area contributed by atoms with Gasteiger partial charge in [-0.3, -0.25) is 0 Å². The molecule has 5 nitrogen and oxygen atoms in total. The molecule has 114 valence electrons. The van der Waals surface area contributed by atoms with E-state index in [1.807, 2.05) is 62.7 Å². The van der Waals surface area contributed by atoms with E-state index in [1.54, 1.807) is 0 Å². The molecule has 3 N–H and O–H groups in total. The van der Waals surface area contributed by atoms with E-state index in [4.69, 9.17) is 10.5 Å². The number of nitrogens with two attached hydrogens (primary N) is 1. The third-order valence-electron chi connectivity index (χ3n) is 3.27. The van der Waals surface area contributed by atoms with Crippen LogP contribution in [0.25, 0.3) is 10.9 Å². The quantitative estimate of drug-likeness (QED) is 0.912. The SMILES string of the molecule is Cn1c(C(CN)NC(=O)OC(C)(C)C)cc2ccccc21. The first-order valence-corrected chi connectivity index (χ1v) is 7.06. The number of hydrogen-bond acceptors (Lipinski definition) is 3. The number of carbonyl (C=O) groups excluding carboxylic acids is 1. The van der Waals surface area contributed by atoms with Crippen molar-refractivity contribution >= 4 is 17.0 Å². The van der Waals surface area contributed by atoms with Crippen LogP contribution in [-0.2, 0) is 11.8 Å². The van der Waals surface area contributed by atoms with Crippen molar-refractivity contribution in [3.05, 3.63) is 36.0 Å². The summed E-state index contributed by atoms with van der Waals surface area (Å²) in [5.74, 6) is 0. The summed E-state index contributed by atoms with van der Waals surface area (Å²) in [6.45, 7) is 5.81. The Labute approximate surface area is 125 Å². The highest BCUT2D eigenvalue weighted by Gasteiger charge is 2.21. The summed E-state index contributed by atoms with van der Waals surface area (Å²) in [7, 11) is 1.97. The minimum Gasteiger partial charge on any atom is -0.444 e. The number of benzene rings is 1. The summed E-state index contributed by atoms with van der Waals surface area (Å²) in [5, 5.41) is 3.96. The second-order valence-corrected chi connectivity index (χ2v) is 6.12. The Morgan fingerprint density at radius 2 is 2.05 bits per heavy atom. The number of hydrogen-bond donors (Lipinski definition) is 2. The minimum absolute atomic E-state index is 0.280. The molecule has 0 fully saturated rings. The Hall–Kier alpha value is -2.01. The van der Waals surface area contributed by atoms with Crippen LogP contribution in [-0.4, -0.2) is 22.8 Å². The van der Waals surface area contributed by atoms with Crippen LogP contribution in [0.15, 0.2) is 30.3 Å². The summed E-state index contributed by atoms with van der Waals surface area (Å²) in [6.07, 6.45) is -0.455. The zero-order valence-electron chi connectivity index (χ0n) is 13.0. The van der Waals surface area contributed by atoms with Gasteiger partial charge in [0.25, 0.3) is 0 Å². The largest absolute Gasteiger partial charge is 0.444 e. The molecule has 5 heteroatoms. The molecular weight excluding hydrogens is 266 g/mol. The van der Waals surface area contributed by atoms with E-state index in [0.717, 1.165) is 16.6 Å². The van der Waals surface area contributed by atoms with Crippen molar-refractivity contribution in [1.29, 1.82) is 0 Å². The van der Waals surface area contributed by atoms with E-state index in [2.05, 4.69) is 5.32 Å². The van der Waals surface area contributed by atoms with E-state index in [1.165, 1.54) is 0 Å². The van der Waals surface area contributed by atoms with Gasteiger partial charge in [-0.25, -0.2) is 4.79 Å². The van der Waals surface area contributed by atoms with Crippen molar-refractivity contribution in [1.82, 2.24) is 9.88 Å². The van der Waals surface area contributed by atoms with Crippen molar-refractivity contribution in [3.8, 4) is 0 Å². The standard InChI is InChI=1S/C16H23N3O2/c1-16(2,3)21-15(20)18-12(10-17)14-9-11-7-5-6-8-13(11)19(14)4/h5-9,12H,10,17H2,1-4H3,(H,18,20). The number of fused-ring (bicyclic) bond motifs is 1. The number of amides is 1. The van der Waals surface area contributed by atoms with Crippen LogP contribution in [0, 0.1) is 0 Å². The molecule has 0 saturated heterocycles. The molecule has 1 amide bonds. The van der Waals surface area contributed by atoms with Crippen LogP contribution in [0.3, 0.4) is 0 Å². The number of nitrogens with zero attached hydrogens (tertiary/aromatic N) is 1.